The molecule has 0 radical (unpaired) electrons. The fourth-order valence-electron chi connectivity index (χ4n) is 4.54. The van der Waals surface area contributed by atoms with Crippen LogP contribution in [0.4, 0.5) is 17.1 Å². The lowest BCUT2D eigenvalue weighted by Crippen LogP contribution is -2.42. The molecule has 40 heavy (non-hydrogen) atoms. The van der Waals surface area contributed by atoms with Gasteiger partial charge < -0.3 is 20.2 Å². The van der Waals surface area contributed by atoms with Crippen molar-refractivity contribution in [2.45, 2.75) is 39.7 Å². The van der Waals surface area contributed by atoms with E-state index < -0.39 is 29.2 Å². The summed E-state index contributed by atoms with van der Waals surface area (Å²) in [6, 6.07) is 17.8. The molecule has 1 aromatic heterocycles. The quantitative estimate of drug-likeness (QED) is 0.178. The molecule has 10 nitrogen and oxygen atoms in total. The van der Waals surface area contributed by atoms with E-state index >= 15 is 0 Å². The molecule has 0 saturated heterocycles. The van der Waals surface area contributed by atoms with Crippen molar-refractivity contribution in [2.75, 3.05) is 14.9 Å². The molecule has 0 fully saturated rings. The predicted molar refractivity (Wildman–Crippen MR) is 155 cm³/mol. The first-order valence-corrected chi connectivity index (χ1v) is 13.6. The number of carboxylic acids is 1. The molecule has 11 heteroatoms. The number of hydrogen-bond donors (Lipinski definition) is 4. The molecule has 4 rings (SSSR count). The van der Waals surface area contributed by atoms with Crippen molar-refractivity contribution in [3.63, 3.8) is 0 Å². The number of nitrogens with one attached hydrogen (secondary N) is 2. The van der Waals surface area contributed by atoms with Crippen molar-refractivity contribution in [1.82, 2.24) is 0 Å². The fraction of sp³-hybridized carbons (Fsp3) is 0.207. The Morgan fingerprint density at radius 1 is 0.975 bits per heavy atom. The van der Waals surface area contributed by atoms with Gasteiger partial charge in [-0.1, -0.05) is 43.7 Å². The second-order valence-electron chi connectivity index (χ2n) is 9.19. The van der Waals surface area contributed by atoms with Crippen LogP contribution in [0.5, 0.6) is 0 Å². The first-order chi connectivity index (χ1) is 19.1. The number of furan rings is 1. The summed E-state index contributed by atoms with van der Waals surface area (Å²) in [6.45, 7) is 4.98. The van der Waals surface area contributed by atoms with E-state index in [9.17, 15) is 28.3 Å². The van der Waals surface area contributed by atoms with Gasteiger partial charge in [-0.05, 0) is 60.9 Å². The zero-order chi connectivity index (χ0) is 29.0. The number of benzene rings is 3. The van der Waals surface area contributed by atoms with E-state index in [0.29, 0.717) is 40.0 Å². The summed E-state index contributed by atoms with van der Waals surface area (Å²) >= 11 is -2.51. The highest BCUT2D eigenvalue weighted by atomic mass is 32.2. The van der Waals surface area contributed by atoms with E-state index in [4.69, 9.17) is 4.42 Å². The summed E-state index contributed by atoms with van der Waals surface area (Å²) in [5, 5.41) is 15.8. The summed E-state index contributed by atoms with van der Waals surface area (Å²) in [5.74, 6) is -1.69. The second-order valence-corrected chi connectivity index (χ2v) is 10.0. The SMILES string of the molecule is CCCC(C(=O)O)N(c1ccc(-c2ccc(NC(=O)c3oc4cccc(NC(C)=O)c4c3C)cc2)cc1)S(=O)O. The Bertz CT molecular complexity index is 1580. The highest BCUT2D eigenvalue weighted by Crippen LogP contribution is 2.32. The number of aliphatic carboxylic acids is 1. The van der Waals surface area contributed by atoms with Gasteiger partial charge in [0.15, 0.2) is 5.76 Å². The Hall–Kier alpha value is -4.48. The topological polar surface area (TPSA) is 149 Å². The summed E-state index contributed by atoms with van der Waals surface area (Å²) in [5.41, 5.74) is 4.14. The van der Waals surface area contributed by atoms with E-state index in [1.807, 2.05) is 19.1 Å². The predicted octanol–water partition coefficient (Wildman–Crippen LogP) is 5.82. The summed E-state index contributed by atoms with van der Waals surface area (Å²) < 4.78 is 28.5. The van der Waals surface area contributed by atoms with Gasteiger partial charge in [-0.15, -0.1) is 0 Å². The van der Waals surface area contributed by atoms with Crippen LogP contribution in [0.15, 0.2) is 71.1 Å². The third-order valence-corrected chi connectivity index (χ3v) is 7.17. The fourth-order valence-corrected chi connectivity index (χ4v) is 5.26. The summed E-state index contributed by atoms with van der Waals surface area (Å²) in [4.78, 5) is 36.3. The van der Waals surface area contributed by atoms with Crippen LogP contribution in [-0.4, -0.2) is 37.7 Å². The Balaban J connectivity index is 1.51. The molecule has 0 spiro atoms. The van der Waals surface area contributed by atoms with Gasteiger partial charge in [-0.3, -0.25) is 18.4 Å². The molecular formula is C29H29N3O7S. The number of aryl methyl sites for hydroxylation is 1. The molecule has 4 N–H and O–H groups in total. The molecule has 0 aliphatic heterocycles. The van der Waals surface area contributed by atoms with Crippen LogP contribution >= 0.6 is 0 Å². The van der Waals surface area contributed by atoms with Gasteiger partial charge in [-0.2, -0.15) is 0 Å². The Labute approximate surface area is 233 Å². The van der Waals surface area contributed by atoms with Gasteiger partial charge in [0.2, 0.25) is 5.91 Å². The van der Waals surface area contributed by atoms with Gasteiger partial charge in [-0.25, -0.2) is 9.00 Å². The first kappa shape index (κ1) is 28.5. The largest absolute Gasteiger partial charge is 0.480 e. The minimum Gasteiger partial charge on any atom is -0.480 e. The first-order valence-electron chi connectivity index (χ1n) is 12.5. The number of anilines is 3. The van der Waals surface area contributed by atoms with E-state index in [-0.39, 0.29) is 18.1 Å². The van der Waals surface area contributed by atoms with E-state index in [0.717, 1.165) is 15.4 Å². The molecule has 2 unspecified atom stereocenters. The van der Waals surface area contributed by atoms with Crippen LogP contribution in [0, 0.1) is 6.92 Å². The van der Waals surface area contributed by atoms with Crippen LogP contribution < -0.4 is 14.9 Å². The number of hydrogen-bond acceptors (Lipinski definition) is 5. The molecule has 208 valence electrons. The lowest BCUT2D eigenvalue weighted by atomic mass is 10.0. The number of carbonyl (C=O) groups is 3. The normalized spacial score (nSPS) is 12.5. The van der Waals surface area contributed by atoms with Gasteiger partial charge in [0.25, 0.3) is 17.2 Å². The van der Waals surface area contributed by atoms with Crippen LogP contribution in [0.1, 0.15) is 42.8 Å². The minimum absolute atomic E-state index is 0.140. The number of rotatable bonds is 10. The van der Waals surface area contributed by atoms with Crippen molar-refractivity contribution in [1.29, 1.82) is 0 Å². The smallest absolute Gasteiger partial charge is 0.327 e. The van der Waals surface area contributed by atoms with Crippen molar-refractivity contribution in [2.24, 2.45) is 0 Å². The second kappa shape index (κ2) is 12.1. The van der Waals surface area contributed by atoms with Crippen LogP contribution in [0.25, 0.3) is 22.1 Å². The molecule has 0 bridgehead atoms. The van der Waals surface area contributed by atoms with Gasteiger partial charge >= 0.3 is 5.97 Å². The standard InChI is InChI=1S/C29H29N3O7S/c1-4-6-24(29(35)36)32(40(37)38)22-15-11-20(12-16-22)19-9-13-21(14-10-19)31-28(34)27-17(2)26-23(30-18(3)33)7-5-8-25(26)39-27/h5,7-16,24H,4,6H2,1-3H3,(H,30,33)(H,31,34)(H,35,36)(H,37,38). The lowest BCUT2D eigenvalue weighted by Gasteiger charge is -2.26. The third kappa shape index (κ3) is 6.05. The van der Waals surface area contributed by atoms with Gasteiger partial charge in [0, 0.05) is 23.6 Å². The monoisotopic (exact) mass is 563 g/mol. The third-order valence-electron chi connectivity index (χ3n) is 6.37. The van der Waals surface area contributed by atoms with E-state index in [2.05, 4.69) is 10.6 Å². The number of carbonyl (C=O) groups excluding carboxylic acids is 2. The zero-order valence-corrected chi connectivity index (χ0v) is 23.0. The maximum absolute atomic E-state index is 13.0. The molecule has 1 heterocycles. The van der Waals surface area contributed by atoms with Crippen LogP contribution in [-0.2, 0) is 20.9 Å². The van der Waals surface area contributed by atoms with Crippen molar-refractivity contribution in [3.05, 3.63) is 78.1 Å². The average Bonchev–Trinajstić information content (AvgIpc) is 3.26. The van der Waals surface area contributed by atoms with Gasteiger partial charge in [0.05, 0.1) is 11.4 Å². The number of fused-ring (bicyclic) bond motifs is 1. The molecule has 0 saturated carbocycles. The highest BCUT2D eigenvalue weighted by molar-refractivity contribution is 7.80. The molecule has 2 amide bonds. The van der Waals surface area contributed by atoms with Crippen LogP contribution in [0.3, 0.4) is 0 Å². The van der Waals surface area contributed by atoms with E-state index in [1.54, 1.807) is 61.5 Å². The van der Waals surface area contributed by atoms with Crippen molar-refractivity contribution >= 4 is 57.1 Å². The van der Waals surface area contributed by atoms with Crippen molar-refractivity contribution in [3.8, 4) is 11.1 Å². The Kier molecular flexibility index (Phi) is 8.66. The maximum Gasteiger partial charge on any atom is 0.327 e. The molecule has 3 aromatic carbocycles. The summed E-state index contributed by atoms with van der Waals surface area (Å²) in [7, 11) is 0. The number of carboxylic acid groups (broad SMARTS) is 1. The Morgan fingerprint density at radius 3 is 2.15 bits per heavy atom. The molecule has 0 aliphatic carbocycles. The van der Waals surface area contributed by atoms with Crippen LogP contribution in [0.2, 0.25) is 0 Å². The number of nitrogens with zero attached hydrogens (tertiary/aromatic N) is 1. The molecule has 2 atom stereocenters. The maximum atomic E-state index is 13.0. The summed E-state index contributed by atoms with van der Waals surface area (Å²) in [6.07, 6.45) is 0.764. The lowest BCUT2D eigenvalue weighted by molar-refractivity contribution is -0.138. The molecule has 4 aromatic rings. The van der Waals surface area contributed by atoms with Gasteiger partial charge in [0.1, 0.15) is 11.6 Å². The average molecular weight is 564 g/mol. The van der Waals surface area contributed by atoms with E-state index in [1.165, 1.54) is 6.92 Å². The molecular weight excluding hydrogens is 534 g/mol. The molecule has 0 aliphatic rings. The Morgan fingerprint density at radius 2 is 1.60 bits per heavy atom. The number of amides is 2. The van der Waals surface area contributed by atoms with Crippen molar-refractivity contribution < 1.29 is 32.7 Å². The minimum atomic E-state index is -2.51. The zero-order valence-electron chi connectivity index (χ0n) is 22.1. The highest BCUT2D eigenvalue weighted by Gasteiger charge is 2.29.